The molecule has 0 spiro atoms. The molecule has 0 aliphatic heterocycles. The molecule has 4 nitrogen and oxygen atoms in total. The first-order valence-electron chi connectivity index (χ1n) is 6.65. The maximum absolute atomic E-state index is 12.2. The first-order valence-corrected chi connectivity index (χ1v) is 6.65. The molecule has 0 aliphatic carbocycles. The molecule has 0 bridgehead atoms. The number of ether oxygens (including phenoxy) is 2. The molecule has 0 N–H and O–H groups in total. The minimum atomic E-state index is -0.567. The highest BCUT2D eigenvalue weighted by molar-refractivity contribution is 5.80. The van der Waals surface area contributed by atoms with Crippen LogP contribution in [-0.4, -0.2) is 24.6 Å². The molecular formula is C16H22O4. The van der Waals surface area contributed by atoms with Gasteiger partial charge in [0, 0.05) is 0 Å². The molecule has 1 rings (SSSR count). The highest BCUT2D eigenvalue weighted by Crippen LogP contribution is 2.18. The Morgan fingerprint density at radius 3 is 2.25 bits per heavy atom. The van der Waals surface area contributed by atoms with Gasteiger partial charge in [0.25, 0.3) is 0 Å². The van der Waals surface area contributed by atoms with E-state index in [1.54, 1.807) is 0 Å². The Labute approximate surface area is 120 Å². The lowest BCUT2D eigenvalue weighted by Gasteiger charge is -2.23. The molecule has 0 fully saturated rings. The van der Waals surface area contributed by atoms with Gasteiger partial charge in [-0.3, -0.25) is 9.59 Å². The Kier molecular flexibility index (Phi) is 5.74. The van der Waals surface area contributed by atoms with Crippen LogP contribution in [0.5, 0.6) is 0 Å². The maximum Gasteiger partial charge on any atom is 0.310 e. The van der Waals surface area contributed by atoms with Crippen LogP contribution in [-0.2, 0) is 25.5 Å². The summed E-state index contributed by atoms with van der Waals surface area (Å²) in [7, 11) is 1.32. The molecule has 1 atom stereocenters. The second-order valence-corrected chi connectivity index (χ2v) is 5.70. The summed E-state index contributed by atoms with van der Waals surface area (Å²) in [6.45, 7) is 5.42. The average Bonchev–Trinajstić information content (AvgIpc) is 2.37. The van der Waals surface area contributed by atoms with Crippen LogP contribution >= 0.6 is 0 Å². The molecule has 1 aromatic rings. The lowest BCUT2D eigenvalue weighted by molar-refractivity contribution is -0.163. The van der Waals surface area contributed by atoms with Crippen LogP contribution in [0.2, 0.25) is 0 Å². The van der Waals surface area contributed by atoms with Crippen molar-refractivity contribution in [1.82, 2.24) is 0 Å². The zero-order valence-electron chi connectivity index (χ0n) is 12.5. The minimum Gasteiger partial charge on any atom is -0.469 e. The number of rotatable bonds is 5. The van der Waals surface area contributed by atoms with Gasteiger partial charge in [0.2, 0.25) is 0 Å². The molecule has 0 amide bonds. The van der Waals surface area contributed by atoms with Crippen molar-refractivity contribution in [2.75, 3.05) is 7.11 Å². The second kappa shape index (κ2) is 7.08. The topological polar surface area (TPSA) is 52.6 Å². The quantitative estimate of drug-likeness (QED) is 0.777. The Hall–Kier alpha value is -1.84. The molecule has 0 aliphatic rings. The number of methoxy groups -OCH3 is 1. The highest BCUT2D eigenvalue weighted by atomic mass is 16.6. The van der Waals surface area contributed by atoms with Crippen molar-refractivity contribution in [2.24, 2.45) is 5.92 Å². The van der Waals surface area contributed by atoms with E-state index in [0.717, 1.165) is 5.56 Å². The van der Waals surface area contributed by atoms with Crippen LogP contribution in [0.1, 0.15) is 32.8 Å². The molecule has 0 saturated heterocycles. The van der Waals surface area contributed by atoms with Gasteiger partial charge in [-0.05, 0) is 32.8 Å². The Balaban J connectivity index is 2.79. The predicted octanol–water partition coefficient (Wildman–Crippen LogP) is 2.75. The first-order chi connectivity index (χ1) is 9.31. The largest absolute Gasteiger partial charge is 0.469 e. The van der Waals surface area contributed by atoms with Gasteiger partial charge in [-0.2, -0.15) is 0 Å². The van der Waals surface area contributed by atoms with E-state index in [1.807, 2.05) is 51.1 Å². The zero-order chi connectivity index (χ0) is 15.2. The molecule has 1 aromatic carbocycles. The van der Waals surface area contributed by atoms with Gasteiger partial charge in [-0.15, -0.1) is 0 Å². The molecule has 0 radical (unpaired) electrons. The first kappa shape index (κ1) is 16.2. The van der Waals surface area contributed by atoms with Crippen molar-refractivity contribution in [3.63, 3.8) is 0 Å². The third kappa shape index (κ3) is 5.87. The van der Waals surface area contributed by atoms with Crippen LogP contribution in [0.25, 0.3) is 0 Å². The van der Waals surface area contributed by atoms with E-state index in [0.29, 0.717) is 6.42 Å². The number of esters is 2. The SMILES string of the molecule is COC(=O)CC(Cc1ccccc1)C(=O)OC(C)(C)C. The molecule has 110 valence electrons. The van der Waals surface area contributed by atoms with Crippen LogP contribution < -0.4 is 0 Å². The van der Waals surface area contributed by atoms with Gasteiger partial charge < -0.3 is 9.47 Å². The third-order valence-corrected chi connectivity index (χ3v) is 2.71. The fraction of sp³-hybridized carbons (Fsp3) is 0.500. The van der Waals surface area contributed by atoms with Crippen molar-refractivity contribution in [3.05, 3.63) is 35.9 Å². The fourth-order valence-corrected chi connectivity index (χ4v) is 1.81. The molecule has 0 heterocycles. The summed E-state index contributed by atoms with van der Waals surface area (Å²) in [6, 6.07) is 9.56. The number of hydrogen-bond acceptors (Lipinski definition) is 4. The molecule has 0 aromatic heterocycles. The smallest absolute Gasteiger partial charge is 0.310 e. The molecular weight excluding hydrogens is 256 g/mol. The molecule has 20 heavy (non-hydrogen) atoms. The van der Waals surface area contributed by atoms with Crippen LogP contribution in [0.4, 0.5) is 0 Å². The lowest BCUT2D eigenvalue weighted by Crippen LogP contribution is -2.31. The minimum absolute atomic E-state index is 0.0281. The standard InChI is InChI=1S/C16H22O4/c1-16(2,3)20-15(18)13(11-14(17)19-4)10-12-8-6-5-7-9-12/h5-9,13H,10-11H2,1-4H3. The predicted molar refractivity (Wildman–Crippen MR) is 76.1 cm³/mol. The average molecular weight is 278 g/mol. The fourth-order valence-electron chi connectivity index (χ4n) is 1.81. The summed E-state index contributed by atoms with van der Waals surface area (Å²) >= 11 is 0. The molecule has 4 heteroatoms. The summed E-state index contributed by atoms with van der Waals surface area (Å²) in [5.41, 5.74) is 0.426. The third-order valence-electron chi connectivity index (χ3n) is 2.71. The summed E-state index contributed by atoms with van der Waals surface area (Å²) in [5.74, 6) is -1.30. The summed E-state index contributed by atoms with van der Waals surface area (Å²) in [6.07, 6.45) is 0.491. The number of benzene rings is 1. The van der Waals surface area contributed by atoms with Gasteiger partial charge in [0.05, 0.1) is 19.4 Å². The Morgan fingerprint density at radius 1 is 1.15 bits per heavy atom. The van der Waals surface area contributed by atoms with Crippen molar-refractivity contribution in [3.8, 4) is 0 Å². The van der Waals surface area contributed by atoms with Crippen molar-refractivity contribution in [2.45, 2.75) is 39.2 Å². The van der Waals surface area contributed by atoms with Crippen LogP contribution in [0.3, 0.4) is 0 Å². The van der Waals surface area contributed by atoms with E-state index >= 15 is 0 Å². The Bertz CT molecular complexity index is 445. The van der Waals surface area contributed by atoms with Crippen molar-refractivity contribution < 1.29 is 19.1 Å². The van der Waals surface area contributed by atoms with Gasteiger partial charge in [0.15, 0.2) is 0 Å². The second-order valence-electron chi connectivity index (χ2n) is 5.70. The Morgan fingerprint density at radius 2 is 1.75 bits per heavy atom. The normalized spacial score (nSPS) is 12.6. The monoisotopic (exact) mass is 278 g/mol. The van der Waals surface area contributed by atoms with Crippen LogP contribution in [0, 0.1) is 5.92 Å². The number of hydrogen-bond donors (Lipinski definition) is 0. The van der Waals surface area contributed by atoms with E-state index in [1.165, 1.54) is 7.11 Å². The van der Waals surface area contributed by atoms with E-state index < -0.39 is 17.5 Å². The maximum atomic E-state index is 12.2. The van der Waals surface area contributed by atoms with Gasteiger partial charge in [-0.25, -0.2) is 0 Å². The van der Waals surface area contributed by atoms with Crippen molar-refractivity contribution >= 4 is 11.9 Å². The van der Waals surface area contributed by atoms with Crippen molar-refractivity contribution in [1.29, 1.82) is 0 Å². The lowest BCUT2D eigenvalue weighted by atomic mass is 9.96. The van der Waals surface area contributed by atoms with E-state index in [-0.39, 0.29) is 12.4 Å². The highest BCUT2D eigenvalue weighted by Gasteiger charge is 2.27. The summed E-state index contributed by atoms with van der Waals surface area (Å²) in [5, 5.41) is 0. The molecule has 1 unspecified atom stereocenters. The van der Waals surface area contributed by atoms with Gasteiger partial charge in [0.1, 0.15) is 5.60 Å². The number of carbonyl (C=O) groups is 2. The zero-order valence-corrected chi connectivity index (χ0v) is 12.5. The summed E-state index contributed by atoms with van der Waals surface area (Å²) < 4.78 is 10.0. The van der Waals surface area contributed by atoms with E-state index in [4.69, 9.17) is 4.74 Å². The number of carbonyl (C=O) groups excluding carboxylic acids is 2. The van der Waals surface area contributed by atoms with E-state index in [2.05, 4.69) is 4.74 Å². The van der Waals surface area contributed by atoms with Gasteiger partial charge in [-0.1, -0.05) is 30.3 Å². The van der Waals surface area contributed by atoms with Gasteiger partial charge >= 0.3 is 11.9 Å². The summed E-state index contributed by atoms with van der Waals surface area (Å²) in [4.78, 5) is 23.6. The van der Waals surface area contributed by atoms with Crippen LogP contribution in [0.15, 0.2) is 30.3 Å². The molecule has 0 saturated carbocycles. The van der Waals surface area contributed by atoms with E-state index in [9.17, 15) is 9.59 Å².